The minimum atomic E-state index is -6.11. The molecule has 1 heterocycles. The van der Waals surface area contributed by atoms with Gasteiger partial charge in [0.05, 0.1) is 0 Å². The first-order chi connectivity index (χ1) is 7.72. The third kappa shape index (κ3) is 2.04. The monoisotopic (exact) mass is 324 g/mol. The van der Waals surface area contributed by atoms with Crippen molar-refractivity contribution in [2.24, 2.45) is 0 Å². The molecule has 1 atom stereocenters. The van der Waals surface area contributed by atoms with Crippen molar-refractivity contribution in [2.75, 3.05) is 0 Å². The molecule has 0 aromatic rings. The lowest BCUT2D eigenvalue weighted by atomic mass is 10.2. The summed E-state index contributed by atoms with van der Waals surface area (Å²) in [5.74, 6) is -8.85. The second kappa shape index (κ2) is 4.00. The minimum absolute atomic E-state index is 0.895. The highest BCUT2D eigenvalue weighted by Gasteiger charge is 2.85. The molecule has 1 rings (SSSR count). The van der Waals surface area contributed by atoms with E-state index in [9.17, 15) is 30.7 Å². The summed E-state index contributed by atoms with van der Waals surface area (Å²) in [4.78, 5) is 0. The van der Waals surface area contributed by atoms with Crippen molar-refractivity contribution in [3.05, 3.63) is 0 Å². The predicted molar refractivity (Wildman–Crippen MR) is 45.6 cm³/mol. The molecule has 11 heteroatoms. The molecule has 0 aliphatic carbocycles. The third-order valence-electron chi connectivity index (χ3n) is 2.21. The van der Waals surface area contributed by atoms with E-state index in [1.807, 2.05) is 0 Å². The quantitative estimate of drug-likeness (QED) is 0.535. The van der Waals surface area contributed by atoms with Gasteiger partial charge >= 0.3 is 18.1 Å². The standard InChI is InChI=1S/C7H5Cl2F7O2/c1-2-3(10)5(8,9)18-4(17-3,6(11,12)13)7(14,15)16/h2H2,1H3. The van der Waals surface area contributed by atoms with Gasteiger partial charge in [-0.15, -0.1) is 0 Å². The molecule has 0 spiro atoms. The fourth-order valence-electron chi connectivity index (χ4n) is 1.23. The van der Waals surface area contributed by atoms with Gasteiger partial charge in [-0.3, -0.25) is 9.47 Å². The lowest BCUT2D eigenvalue weighted by Crippen LogP contribution is -2.58. The SMILES string of the molecule is CCC1(F)OC(C(F)(F)F)(C(F)(F)F)OC1(Cl)Cl. The summed E-state index contributed by atoms with van der Waals surface area (Å²) in [7, 11) is 0. The minimum Gasteiger partial charge on any atom is -0.294 e. The van der Waals surface area contributed by atoms with Crippen LogP contribution in [0.2, 0.25) is 0 Å². The van der Waals surface area contributed by atoms with Crippen LogP contribution < -0.4 is 0 Å². The smallest absolute Gasteiger partial charge is 0.294 e. The van der Waals surface area contributed by atoms with Crippen LogP contribution in [0.25, 0.3) is 0 Å². The summed E-state index contributed by atoms with van der Waals surface area (Å²) in [6, 6.07) is 0. The molecule has 1 unspecified atom stereocenters. The first kappa shape index (κ1) is 16.1. The molecular weight excluding hydrogens is 320 g/mol. The molecule has 18 heavy (non-hydrogen) atoms. The summed E-state index contributed by atoms with van der Waals surface area (Å²) in [6.07, 6.45) is -13.2. The predicted octanol–water partition coefficient (Wildman–Crippen LogP) is 4.06. The second-order valence-electron chi connectivity index (χ2n) is 3.42. The fourth-order valence-corrected chi connectivity index (χ4v) is 1.80. The van der Waals surface area contributed by atoms with Crippen LogP contribution >= 0.6 is 23.2 Å². The number of rotatable bonds is 1. The number of alkyl halides is 9. The van der Waals surface area contributed by atoms with E-state index in [-0.39, 0.29) is 0 Å². The maximum Gasteiger partial charge on any atom is 0.453 e. The van der Waals surface area contributed by atoms with Gasteiger partial charge in [0.15, 0.2) is 0 Å². The molecule has 1 aliphatic heterocycles. The van der Waals surface area contributed by atoms with Crippen molar-refractivity contribution < 1.29 is 40.2 Å². The van der Waals surface area contributed by atoms with Crippen molar-refractivity contribution >= 4 is 23.2 Å². The Kier molecular flexibility index (Phi) is 3.57. The van der Waals surface area contributed by atoms with Crippen molar-refractivity contribution in [2.45, 2.75) is 41.9 Å². The van der Waals surface area contributed by atoms with Crippen LogP contribution in [0, 0.1) is 0 Å². The summed E-state index contributed by atoms with van der Waals surface area (Å²) in [5.41, 5.74) is 0. The van der Waals surface area contributed by atoms with Gasteiger partial charge in [0.1, 0.15) is 0 Å². The molecule has 0 aromatic carbocycles. The molecule has 108 valence electrons. The normalized spacial score (nSPS) is 31.7. The average Bonchev–Trinajstić information content (AvgIpc) is 2.34. The van der Waals surface area contributed by atoms with Crippen molar-refractivity contribution in [1.29, 1.82) is 0 Å². The Labute approximate surface area is 106 Å². The van der Waals surface area contributed by atoms with E-state index in [0.29, 0.717) is 0 Å². The maximum atomic E-state index is 13.8. The van der Waals surface area contributed by atoms with E-state index < -0.39 is 34.9 Å². The van der Waals surface area contributed by atoms with E-state index in [1.165, 1.54) is 0 Å². The third-order valence-corrected chi connectivity index (χ3v) is 2.93. The lowest BCUT2D eigenvalue weighted by molar-refractivity contribution is -0.454. The number of halogens is 9. The Bertz CT molecular complexity index is 326. The molecule has 0 aromatic heterocycles. The van der Waals surface area contributed by atoms with Crippen molar-refractivity contribution in [1.82, 2.24) is 0 Å². The van der Waals surface area contributed by atoms with Crippen LogP contribution in [0.5, 0.6) is 0 Å². The van der Waals surface area contributed by atoms with Crippen LogP contribution in [0.15, 0.2) is 0 Å². The largest absolute Gasteiger partial charge is 0.453 e. The molecule has 2 nitrogen and oxygen atoms in total. The maximum absolute atomic E-state index is 13.8. The van der Waals surface area contributed by atoms with Gasteiger partial charge in [-0.1, -0.05) is 30.1 Å². The van der Waals surface area contributed by atoms with Crippen LogP contribution in [0.4, 0.5) is 30.7 Å². The van der Waals surface area contributed by atoms with Crippen LogP contribution in [0.1, 0.15) is 13.3 Å². The zero-order chi connectivity index (χ0) is 14.6. The van der Waals surface area contributed by atoms with Gasteiger partial charge in [-0.25, -0.2) is 4.39 Å². The van der Waals surface area contributed by atoms with Gasteiger partial charge < -0.3 is 0 Å². The van der Waals surface area contributed by atoms with E-state index in [2.05, 4.69) is 9.47 Å². The highest BCUT2D eigenvalue weighted by atomic mass is 35.5. The molecular formula is C7H5Cl2F7O2. The Balaban J connectivity index is 3.37. The van der Waals surface area contributed by atoms with Crippen LogP contribution in [0.3, 0.4) is 0 Å². The summed E-state index contributed by atoms with van der Waals surface area (Å²) >= 11 is 10.0. The zero-order valence-corrected chi connectivity index (χ0v) is 9.94. The van der Waals surface area contributed by atoms with Gasteiger partial charge in [0, 0.05) is 6.42 Å². The van der Waals surface area contributed by atoms with Crippen LogP contribution in [-0.2, 0) is 9.47 Å². The summed E-state index contributed by atoms with van der Waals surface area (Å²) in [6.45, 7) is 0.895. The fraction of sp³-hybridized carbons (Fsp3) is 1.00. The van der Waals surface area contributed by atoms with Gasteiger partial charge in [-0.05, 0) is 0 Å². The molecule has 1 aliphatic rings. The van der Waals surface area contributed by atoms with E-state index >= 15 is 0 Å². The van der Waals surface area contributed by atoms with E-state index in [0.717, 1.165) is 6.92 Å². The first-order valence-electron chi connectivity index (χ1n) is 4.33. The summed E-state index contributed by atoms with van der Waals surface area (Å²) < 4.78 is 92.1. The zero-order valence-electron chi connectivity index (χ0n) is 8.43. The Morgan fingerprint density at radius 2 is 1.33 bits per heavy atom. The number of hydrogen-bond donors (Lipinski definition) is 0. The molecule has 1 saturated heterocycles. The Morgan fingerprint density at radius 1 is 0.944 bits per heavy atom. The molecule has 0 radical (unpaired) electrons. The summed E-state index contributed by atoms with van der Waals surface area (Å²) in [5, 5.41) is 0. The number of ether oxygens (including phenoxy) is 2. The van der Waals surface area contributed by atoms with E-state index in [1.54, 1.807) is 0 Å². The van der Waals surface area contributed by atoms with E-state index in [4.69, 9.17) is 23.2 Å². The second-order valence-corrected chi connectivity index (χ2v) is 4.67. The molecule has 0 saturated carbocycles. The number of hydrogen-bond acceptors (Lipinski definition) is 2. The van der Waals surface area contributed by atoms with Gasteiger partial charge in [0.25, 0.3) is 10.4 Å². The Morgan fingerprint density at radius 3 is 1.50 bits per heavy atom. The van der Waals surface area contributed by atoms with Crippen LogP contribution in [-0.4, -0.2) is 28.5 Å². The van der Waals surface area contributed by atoms with Crippen molar-refractivity contribution in [3.63, 3.8) is 0 Å². The topological polar surface area (TPSA) is 18.5 Å². The molecule has 0 amide bonds. The highest BCUT2D eigenvalue weighted by Crippen LogP contribution is 2.61. The van der Waals surface area contributed by atoms with Gasteiger partial charge in [-0.2, -0.15) is 26.3 Å². The average molecular weight is 325 g/mol. The molecule has 0 bridgehead atoms. The molecule has 0 N–H and O–H groups in total. The Hall–Kier alpha value is 0.01000. The van der Waals surface area contributed by atoms with Crippen molar-refractivity contribution in [3.8, 4) is 0 Å². The first-order valence-corrected chi connectivity index (χ1v) is 5.08. The highest BCUT2D eigenvalue weighted by molar-refractivity contribution is 6.48. The van der Waals surface area contributed by atoms with Gasteiger partial charge in [0.2, 0.25) is 0 Å². The molecule has 1 fully saturated rings. The lowest BCUT2D eigenvalue weighted by Gasteiger charge is -2.31.